The van der Waals surface area contributed by atoms with E-state index < -0.39 is 0 Å². The lowest BCUT2D eigenvalue weighted by Gasteiger charge is -2.17. The molecule has 2 N–H and O–H groups in total. The lowest BCUT2D eigenvalue weighted by molar-refractivity contribution is -0.132. The molecule has 98 valence electrons. The molecule has 18 heavy (non-hydrogen) atoms. The summed E-state index contributed by atoms with van der Waals surface area (Å²) in [5, 5.41) is 0. The summed E-state index contributed by atoms with van der Waals surface area (Å²) in [5.41, 5.74) is 6.24. The summed E-state index contributed by atoms with van der Waals surface area (Å²) in [6.07, 6.45) is 0.922. The highest BCUT2D eigenvalue weighted by Crippen LogP contribution is 2.17. The van der Waals surface area contributed by atoms with E-state index >= 15 is 0 Å². The van der Waals surface area contributed by atoms with Crippen molar-refractivity contribution in [2.24, 2.45) is 5.73 Å². The number of nitrogens with two attached hydrogens (primary N) is 1. The van der Waals surface area contributed by atoms with Gasteiger partial charge in [-0.25, -0.2) is 0 Å². The summed E-state index contributed by atoms with van der Waals surface area (Å²) in [6, 6.07) is 7.17. The first-order chi connectivity index (χ1) is 8.56. The molecule has 0 atom stereocenters. The van der Waals surface area contributed by atoms with Gasteiger partial charge in [0.05, 0.1) is 5.56 Å². The van der Waals surface area contributed by atoms with E-state index in [1.165, 1.54) is 0 Å². The average molecular weight is 266 g/mol. The van der Waals surface area contributed by atoms with Crippen LogP contribution in [0.5, 0.6) is 5.75 Å². The Morgan fingerprint density at radius 3 is 2.72 bits per heavy atom. The highest BCUT2D eigenvalue weighted by Gasteiger charge is 2.11. The monoisotopic (exact) mass is 266 g/mol. The summed E-state index contributed by atoms with van der Waals surface area (Å²) < 4.78 is 5.47. The Hall–Kier alpha value is -1.62. The van der Waals surface area contributed by atoms with Crippen LogP contribution in [0, 0.1) is 0 Å². The topological polar surface area (TPSA) is 55.6 Å². The fourth-order valence-electron chi connectivity index (χ4n) is 1.51. The zero-order valence-electron chi connectivity index (χ0n) is 10.7. The minimum Gasteiger partial charge on any atom is -0.483 e. The van der Waals surface area contributed by atoms with Crippen LogP contribution in [0.4, 0.5) is 0 Å². The van der Waals surface area contributed by atoms with E-state index in [2.05, 4.69) is 0 Å². The summed E-state index contributed by atoms with van der Waals surface area (Å²) >= 11 is 4.93. The van der Waals surface area contributed by atoms with Gasteiger partial charge in [0.1, 0.15) is 10.7 Å². The molecule has 1 aromatic carbocycles. The number of thiocarbonyl (C=S) groups is 1. The Bertz CT molecular complexity index is 435. The highest BCUT2D eigenvalue weighted by molar-refractivity contribution is 7.80. The number of amides is 1. The van der Waals surface area contributed by atoms with E-state index in [0.29, 0.717) is 11.3 Å². The molecular formula is C13H18N2O2S. The van der Waals surface area contributed by atoms with E-state index in [9.17, 15) is 4.79 Å². The standard InChI is InChI=1S/C13H18N2O2S/c1-3-8-15(2)12(16)9-17-11-7-5-4-6-10(11)13(14)18/h4-7H,3,8-9H2,1-2H3,(H2,14,18). The third-order valence-corrected chi connectivity index (χ3v) is 2.71. The third kappa shape index (κ3) is 4.00. The number of nitrogens with zero attached hydrogens (tertiary/aromatic N) is 1. The number of hydrogen-bond donors (Lipinski definition) is 1. The summed E-state index contributed by atoms with van der Waals surface area (Å²) in [6.45, 7) is 2.74. The van der Waals surface area contributed by atoms with Crippen LogP contribution in [0.15, 0.2) is 24.3 Å². The van der Waals surface area contributed by atoms with Gasteiger partial charge in [0.15, 0.2) is 6.61 Å². The smallest absolute Gasteiger partial charge is 0.260 e. The molecule has 1 amide bonds. The van der Waals surface area contributed by atoms with Gasteiger partial charge in [-0.1, -0.05) is 31.3 Å². The van der Waals surface area contributed by atoms with Gasteiger partial charge >= 0.3 is 0 Å². The van der Waals surface area contributed by atoms with Crippen molar-refractivity contribution in [3.63, 3.8) is 0 Å². The molecule has 0 spiro atoms. The van der Waals surface area contributed by atoms with Gasteiger partial charge < -0.3 is 15.4 Å². The highest BCUT2D eigenvalue weighted by atomic mass is 32.1. The molecule has 1 aromatic rings. The fraction of sp³-hybridized carbons (Fsp3) is 0.385. The van der Waals surface area contributed by atoms with Crippen molar-refractivity contribution in [2.75, 3.05) is 20.2 Å². The zero-order chi connectivity index (χ0) is 13.5. The van der Waals surface area contributed by atoms with Crippen LogP contribution >= 0.6 is 12.2 Å². The molecular weight excluding hydrogens is 248 g/mol. The van der Waals surface area contributed by atoms with Crippen LogP contribution in [-0.2, 0) is 4.79 Å². The molecule has 5 heteroatoms. The Kier molecular flexibility index (Phi) is 5.58. The SMILES string of the molecule is CCCN(C)C(=O)COc1ccccc1C(N)=S. The van der Waals surface area contributed by atoms with Crippen LogP contribution in [0.1, 0.15) is 18.9 Å². The summed E-state index contributed by atoms with van der Waals surface area (Å²) in [7, 11) is 1.76. The minimum atomic E-state index is -0.0606. The number of para-hydroxylation sites is 1. The number of hydrogen-bond acceptors (Lipinski definition) is 3. The van der Waals surface area contributed by atoms with Crippen molar-refractivity contribution < 1.29 is 9.53 Å². The summed E-state index contributed by atoms with van der Waals surface area (Å²) in [5.74, 6) is 0.484. The molecule has 0 aliphatic rings. The molecule has 0 aliphatic carbocycles. The van der Waals surface area contributed by atoms with Gasteiger partial charge in [-0.2, -0.15) is 0 Å². The van der Waals surface area contributed by atoms with Crippen LogP contribution in [0.25, 0.3) is 0 Å². The number of carbonyl (C=O) groups is 1. The number of ether oxygens (including phenoxy) is 1. The lowest BCUT2D eigenvalue weighted by atomic mass is 10.2. The first-order valence-electron chi connectivity index (χ1n) is 5.81. The van der Waals surface area contributed by atoms with Gasteiger partial charge in [0.2, 0.25) is 0 Å². The van der Waals surface area contributed by atoms with Gasteiger partial charge in [0, 0.05) is 13.6 Å². The quantitative estimate of drug-likeness (QED) is 0.794. The first-order valence-corrected chi connectivity index (χ1v) is 6.22. The van der Waals surface area contributed by atoms with Gasteiger partial charge in [-0.15, -0.1) is 0 Å². The van der Waals surface area contributed by atoms with Gasteiger partial charge in [-0.3, -0.25) is 4.79 Å². The van der Waals surface area contributed by atoms with Crippen LogP contribution in [0.3, 0.4) is 0 Å². The zero-order valence-corrected chi connectivity index (χ0v) is 11.5. The van der Waals surface area contributed by atoms with Gasteiger partial charge in [-0.05, 0) is 18.6 Å². The Morgan fingerprint density at radius 2 is 2.11 bits per heavy atom. The number of benzene rings is 1. The number of rotatable bonds is 6. The molecule has 0 unspecified atom stereocenters. The molecule has 0 heterocycles. The lowest BCUT2D eigenvalue weighted by Crippen LogP contribution is -2.32. The van der Waals surface area contributed by atoms with E-state index in [-0.39, 0.29) is 17.5 Å². The Morgan fingerprint density at radius 1 is 1.44 bits per heavy atom. The number of carbonyl (C=O) groups excluding carboxylic acids is 1. The molecule has 1 rings (SSSR count). The first kappa shape index (κ1) is 14.4. The second kappa shape index (κ2) is 6.96. The maximum absolute atomic E-state index is 11.7. The molecule has 0 fully saturated rings. The average Bonchev–Trinajstić information content (AvgIpc) is 2.36. The van der Waals surface area contributed by atoms with Crippen LogP contribution in [0.2, 0.25) is 0 Å². The normalized spacial score (nSPS) is 9.89. The molecule has 0 saturated carbocycles. The van der Waals surface area contributed by atoms with Crippen molar-refractivity contribution in [1.82, 2.24) is 4.90 Å². The molecule has 0 saturated heterocycles. The van der Waals surface area contributed by atoms with E-state index in [4.69, 9.17) is 22.7 Å². The van der Waals surface area contributed by atoms with Gasteiger partial charge in [0.25, 0.3) is 5.91 Å². The predicted molar refractivity (Wildman–Crippen MR) is 75.8 cm³/mol. The Balaban J connectivity index is 2.64. The van der Waals surface area contributed by atoms with E-state index in [0.717, 1.165) is 13.0 Å². The predicted octanol–water partition coefficient (Wildman–Crippen LogP) is 1.57. The van der Waals surface area contributed by atoms with Crippen molar-refractivity contribution in [2.45, 2.75) is 13.3 Å². The maximum atomic E-state index is 11.7. The third-order valence-electron chi connectivity index (χ3n) is 2.49. The molecule has 0 aliphatic heterocycles. The molecule has 4 nitrogen and oxygen atoms in total. The molecule has 0 radical (unpaired) electrons. The largest absolute Gasteiger partial charge is 0.483 e. The van der Waals surface area contributed by atoms with E-state index in [1.807, 2.05) is 19.1 Å². The Labute approximate surface area is 113 Å². The second-order valence-electron chi connectivity index (χ2n) is 3.96. The van der Waals surface area contributed by atoms with E-state index in [1.54, 1.807) is 24.1 Å². The minimum absolute atomic E-state index is 0.00384. The fourth-order valence-corrected chi connectivity index (χ4v) is 1.67. The van der Waals surface area contributed by atoms with Crippen LogP contribution < -0.4 is 10.5 Å². The van der Waals surface area contributed by atoms with Crippen molar-refractivity contribution >= 4 is 23.1 Å². The van der Waals surface area contributed by atoms with Crippen molar-refractivity contribution in [3.8, 4) is 5.75 Å². The maximum Gasteiger partial charge on any atom is 0.260 e. The molecule has 0 bridgehead atoms. The van der Waals surface area contributed by atoms with Crippen molar-refractivity contribution in [1.29, 1.82) is 0 Å². The van der Waals surface area contributed by atoms with Crippen LogP contribution in [-0.4, -0.2) is 36.0 Å². The molecule has 0 aromatic heterocycles. The second-order valence-corrected chi connectivity index (χ2v) is 4.40. The number of likely N-dealkylation sites (N-methyl/N-ethyl adjacent to an activating group) is 1. The summed E-state index contributed by atoms with van der Waals surface area (Å²) in [4.78, 5) is 13.6. The van der Waals surface area contributed by atoms with Crippen molar-refractivity contribution in [3.05, 3.63) is 29.8 Å².